The van der Waals surface area contributed by atoms with Crippen LogP contribution in [0.15, 0.2) is 23.1 Å². The molecule has 0 aromatic carbocycles. The van der Waals surface area contributed by atoms with Crippen LogP contribution in [0.3, 0.4) is 0 Å². The van der Waals surface area contributed by atoms with Crippen LogP contribution in [0, 0.1) is 0 Å². The smallest absolute Gasteiger partial charge is 0.410 e. The molecule has 0 aliphatic carbocycles. The van der Waals surface area contributed by atoms with Gasteiger partial charge in [-0.2, -0.15) is 0 Å². The number of hydrogen-bond donors (Lipinski definition) is 0. The zero-order valence-corrected chi connectivity index (χ0v) is 14.6. The van der Waals surface area contributed by atoms with Crippen LogP contribution in [0.25, 0.3) is 0 Å². The van der Waals surface area contributed by atoms with Crippen molar-refractivity contribution < 1.29 is 14.3 Å². The fourth-order valence-electron chi connectivity index (χ4n) is 2.19. The van der Waals surface area contributed by atoms with Crippen LogP contribution in [-0.2, 0) is 9.53 Å². The molecule has 0 spiro atoms. The lowest BCUT2D eigenvalue weighted by Gasteiger charge is -2.23. The molecule has 0 N–H and O–H groups in total. The number of rotatable bonds is 6. The quantitative estimate of drug-likeness (QED) is 0.571. The van der Waals surface area contributed by atoms with Gasteiger partial charge in [-0.1, -0.05) is 28.9 Å². The molecule has 2 atom stereocenters. The van der Waals surface area contributed by atoms with Crippen LogP contribution in [-0.4, -0.2) is 55.9 Å². The van der Waals surface area contributed by atoms with Gasteiger partial charge in [0.05, 0.1) is 6.20 Å². The van der Waals surface area contributed by atoms with Crippen molar-refractivity contribution >= 4 is 46.3 Å². The molecule has 1 saturated heterocycles. The molecule has 0 radical (unpaired) electrons. The van der Waals surface area contributed by atoms with E-state index in [-0.39, 0.29) is 29.1 Å². The van der Waals surface area contributed by atoms with Crippen molar-refractivity contribution in [3.63, 3.8) is 0 Å². The van der Waals surface area contributed by atoms with Gasteiger partial charge in [-0.15, -0.1) is 16.9 Å². The number of ether oxygens (including phenoxy) is 1. The SMILES string of the molecule is C=CCOC(=O)N1CC(SC(C)=O)CC1CSc1cnns1. The molecule has 9 heteroatoms. The summed E-state index contributed by atoms with van der Waals surface area (Å²) in [5.41, 5.74) is 0. The van der Waals surface area contributed by atoms with Gasteiger partial charge in [0.25, 0.3) is 0 Å². The molecule has 2 heterocycles. The van der Waals surface area contributed by atoms with Gasteiger partial charge in [0.2, 0.25) is 0 Å². The first kappa shape index (κ1) is 17.3. The highest BCUT2D eigenvalue weighted by Crippen LogP contribution is 2.32. The second kappa shape index (κ2) is 8.54. The first-order valence-corrected chi connectivity index (χ1v) is 9.35. The van der Waals surface area contributed by atoms with Crippen molar-refractivity contribution in [3.05, 3.63) is 18.9 Å². The molecule has 22 heavy (non-hydrogen) atoms. The van der Waals surface area contributed by atoms with E-state index in [1.54, 1.807) is 35.9 Å². The maximum atomic E-state index is 12.1. The molecule has 1 aromatic heterocycles. The third-order valence-corrected chi connectivity index (χ3v) is 6.01. The molecule has 1 amide bonds. The van der Waals surface area contributed by atoms with Crippen LogP contribution in [0.5, 0.6) is 0 Å². The molecular weight excluding hydrogens is 342 g/mol. The van der Waals surface area contributed by atoms with E-state index in [2.05, 4.69) is 16.2 Å². The summed E-state index contributed by atoms with van der Waals surface area (Å²) in [4.78, 5) is 25.1. The summed E-state index contributed by atoms with van der Waals surface area (Å²) in [5.74, 6) is 0.738. The lowest BCUT2D eigenvalue weighted by atomic mass is 10.2. The maximum Gasteiger partial charge on any atom is 0.410 e. The average Bonchev–Trinajstić information content (AvgIpc) is 3.11. The van der Waals surface area contributed by atoms with Crippen molar-refractivity contribution in [3.8, 4) is 0 Å². The molecule has 0 saturated carbocycles. The van der Waals surface area contributed by atoms with Crippen LogP contribution < -0.4 is 0 Å². The molecule has 2 rings (SSSR count). The zero-order valence-electron chi connectivity index (χ0n) is 12.1. The molecule has 1 aliphatic heterocycles. The number of carbonyl (C=O) groups is 2. The highest BCUT2D eigenvalue weighted by molar-refractivity contribution is 8.14. The van der Waals surface area contributed by atoms with Gasteiger partial charge < -0.3 is 9.64 Å². The van der Waals surface area contributed by atoms with E-state index in [0.717, 1.165) is 16.4 Å². The third-order valence-electron chi connectivity index (χ3n) is 3.03. The average molecular weight is 359 g/mol. The monoisotopic (exact) mass is 359 g/mol. The van der Waals surface area contributed by atoms with Gasteiger partial charge in [-0.3, -0.25) is 4.79 Å². The Morgan fingerprint density at radius 3 is 3.09 bits per heavy atom. The Labute approximate surface area is 141 Å². The van der Waals surface area contributed by atoms with Gasteiger partial charge in [0, 0.05) is 30.5 Å². The van der Waals surface area contributed by atoms with E-state index in [1.807, 2.05) is 0 Å². The minimum Gasteiger partial charge on any atom is -0.445 e. The van der Waals surface area contributed by atoms with Crippen molar-refractivity contribution in [2.75, 3.05) is 18.9 Å². The predicted molar refractivity (Wildman–Crippen MR) is 89.3 cm³/mol. The fraction of sp³-hybridized carbons (Fsp3) is 0.538. The number of likely N-dealkylation sites (tertiary alicyclic amines) is 1. The Morgan fingerprint density at radius 1 is 1.64 bits per heavy atom. The molecule has 6 nitrogen and oxygen atoms in total. The van der Waals surface area contributed by atoms with E-state index < -0.39 is 0 Å². The first-order valence-electron chi connectivity index (χ1n) is 6.71. The summed E-state index contributed by atoms with van der Waals surface area (Å²) in [5, 5.41) is 4.00. The molecule has 1 fully saturated rings. The zero-order chi connectivity index (χ0) is 15.9. The third kappa shape index (κ3) is 4.99. The van der Waals surface area contributed by atoms with Crippen molar-refractivity contribution in [1.29, 1.82) is 0 Å². The number of aromatic nitrogens is 2. The fourth-order valence-corrected chi connectivity index (χ4v) is 4.79. The van der Waals surface area contributed by atoms with E-state index in [4.69, 9.17) is 4.74 Å². The highest BCUT2D eigenvalue weighted by Gasteiger charge is 2.37. The van der Waals surface area contributed by atoms with E-state index in [1.165, 1.54) is 23.3 Å². The van der Waals surface area contributed by atoms with E-state index in [0.29, 0.717) is 6.54 Å². The van der Waals surface area contributed by atoms with Gasteiger partial charge in [-0.05, 0) is 18.0 Å². The normalized spacial score (nSPS) is 20.9. The number of thioether (sulfide) groups is 2. The Morgan fingerprint density at radius 2 is 2.45 bits per heavy atom. The summed E-state index contributed by atoms with van der Waals surface area (Å²) in [6.45, 7) is 5.82. The van der Waals surface area contributed by atoms with E-state index >= 15 is 0 Å². The second-order valence-corrected chi connectivity index (χ2v) is 8.27. The van der Waals surface area contributed by atoms with Gasteiger partial charge >= 0.3 is 6.09 Å². The Balaban J connectivity index is 1.96. The molecular formula is C13H17N3O3S3. The summed E-state index contributed by atoms with van der Waals surface area (Å²) in [6.07, 6.45) is 3.70. The number of nitrogens with zero attached hydrogens (tertiary/aromatic N) is 3. The number of amides is 1. The predicted octanol–water partition coefficient (Wildman–Crippen LogP) is 2.68. The maximum absolute atomic E-state index is 12.1. The summed E-state index contributed by atoms with van der Waals surface area (Å²) in [7, 11) is 0. The van der Waals surface area contributed by atoms with Crippen LogP contribution in [0.2, 0.25) is 0 Å². The second-order valence-electron chi connectivity index (χ2n) is 4.69. The number of hydrogen-bond acceptors (Lipinski definition) is 8. The highest BCUT2D eigenvalue weighted by atomic mass is 32.2. The Hall–Kier alpha value is -1.06. The first-order chi connectivity index (χ1) is 10.6. The lowest BCUT2D eigenvalue weighted by Crippen LogP contribution is -2.37. The summed E-state index contributed by atoms with van der Waals surface area (Å²) < 4.78 is 9.98. The standard InChI is InChI=1S/C13H17N3O3S3/c1-3-4-19-13(18)16-7-11(21-9(2)17)5-10(16)8-20-12-6-14-15-22-12/h3,6,10-11H,1,4-5,7-8H2,2H3. The largest absolute Gasteiger partial charge is 0.445 e. The van der Waals surface area contributed by atoms with Crippen LogP contribution >= 0.6 is 35.1 Å². The van der Waals surface area contributed by atoms with Crippen molar-refractivity contribution in [2.45, 2.75) is 28.8 Å². The molecule has 1 aromatic rings. The van der Waals surface area contributed by atoms with Crippen LogP contribution in [0.1, 0.15) is 13.3 Å². The van der Waals surface area contributed by atoms with Gasteiger partial charge in [0.15, 0.2) is 5.12 Å². The molecule has 2 unspecified atom stereocenters. The molecule has 120 valence electrons. The Bertz CT molecular complexity index is 524. The molecule has 1 aliphatic rings. The van der Waals surface area contributed by atoms with E-state index in [9.17, 15) is 9.59 Å². The van der Waals surface area contributed by atoms with Crippen molar-refractivity contribution in [1.82, 2.24) is 14.5 Å². The minimum absolute atomic E-state index is 0.0428. The van der Waals surface area contributed by atoms with Gasteiger partial charge in [-0.25, -0.2) is 4.79 Å². The summed E-state index contributed by atoms with van der Waals surface area (Å²) >= 11 is 4.25. The summed E-state index contributed by atoms with van der Waals surface area (Å²) in [6, 6.07) is 0.0428. The lowest BCUT2D eigenvalue weighted by molar-refractivity contribution is -0.109. The van der Waals surface area contributed by atoms with Gasteiger partial charge in [0.1, 0.15) is 10.8 Å². The topological polar surface area (TPSA) is 72.4 Å². The Kier molecular flexibility index (Phi) is 6.71. The minimum atomic E-state index is -0.348. The van der Waals surface area contributed by atoms with Crippen molar-refractivity contribution in [2.24, 2.45) is 0 Å². The van der Waals surface area contributed by atoms with Crippen LogP contribution in [0.4, 0.5) is 4.79 Å². The number of carbonyl (C=O) groups excluding carboxylic acids is 2. The molecule has 0 bridgehead atoms.